The highest BCUT2D eigenvalue weighted by Gasteiger charge is 2.45. The molecular formula is C41H48N6O5S2. The van der Waals surface area contributed by atoms with E-state index < -0.39 is 10.0 Å². The van der Waals surface area contributed by atoms with Crippen LogP contribution >= 0.6 is 11.3 Å². The number of sulfonamides is 1. The molecule has 0 aliphatic carbocycles. The molecule has 2 aromatic carbocycles. The van der Waals surface area contributed by atoms with Gasteiger partial charge in [0.2, 0.25) is 10.0 Å². The van der Waals surface area contributed by atoms with Crippen LogP contribution in [0.15, 0.2) is 81.4 Å². The van der Waals surface area contributed by atoms with Crippen LogP contribution in [0.3, 0.4) is 0 Å². The van der Waals surface area contributed by atoms with Gasteiger partial charge in [0.1, 0.15) is 27.8 Å². The van der Waals surface area contributed by atoms with Gasteiger partial charge in [0.15, 0.2) is 0 Å². The minimum absolute atomic E-state index is 0.0299. The molecule has 5 heterocycles. The van der Waals surface area contributed by atoms with E-state index >= 15 is 0 Å². The molecule has 54 heavy (non-hydrogen) atoms. The van der Waals surface area contributed by atoms with Crippen molar-refractivity contribution in [3.05, 3.63) is 111 Å². The molecule has 7 rings (SSSR count). The Hall–Kier alpha value is -4.72. The molecule has 0 radical (unpaired) electrons. The van der Waals surface area contributed by atoms with Gasteiger partial charge in [-0.1, -0.05) is 56.7 Å². The summed E-state index contributed by atoms with van der Waals surface area (Å²) in [7, 11) is -3.99. The maximum absolute atomic E-state index is 14.2. The number of carbonyl (C=O) groups excluding carboxylic acids is 2. The summed E-state index contributed by atoms with van der Waals surface area (Å²) in [5.74, 6) is 1.23. The number of piperidine rings is 1. The molecular weight excluding hydrogens is 721 g/mol. The largest absolute Gasteiger partial charge is 0.464 e. The zero-order chi connectivity index (χ0) is 38.4. The Morgan fingerprint density at radius 2 is 1.61 bits per heavy atom. The maximum atomic E-state index is 14.2. The Morgan fingerprint density at radius 3 is 2.24 bits per heavy atom. The number of hydrogen-bond acceptors (Lipinski definition) is 7. The van der Waals surface area contributed by atoms with Crippen molar-refractivity contribution >= 4 is 44.8 Å². The van der Waals surface area contributed by atoms with E-state index in [2.05, 4.69) is 36.1 Å². The molecule has 3 aromatic heterocycles. The van der Waals surface area contributed by atoms with Crippen molar-refractivity contribution in [1.82, 2.24) is 19.4 Å². The number of fused-ring (bicyclic) bond motifs is 2. The van der Waals surface area contributed by atoms with Crippen LogP contribution in [0.4, 0.5) is 16.3 Å². The Kier molecular flexibility index (Phi) is 10.3. The average molecular weight is 769 g/mol. The van der Waals surface area contributed by atoms with Gasteiger partial charge in [-0.05, 0) is 100 Å². The molecule has 2 bridgehead atoms. The van der Waals surface area contributed by atoms with Gasteiger partial charge in [-0.25, -0.2) is 22.6 Å². The molecule has 2 saturated heterocycles. The van der Waals surface area contributed by atoms with Crippen molar-refractivity contribution < 1.29 is 22.4 Å². The van der Waals surface area contributed by atoms with Crippen molar-refractivity contribution in [1.29, 1.82) is 0 Å². The summed E-state index contributed by atoms with van der Waals surface area (Å²) in [6.45, 7) is 11.7. The molecule has 2 fully saturated rings. The highest BCUT2D eigenvalue weighted by molar-refractivity contribution is 7.89. The van der Waals surface area contributed by atoms with Crippen LogP contribution in [0.5, 0.6) is 0 Å². The lowest BCUT2D eigenvalue weighted by Crippen LogP contribution is -2.47. The van der Waals surface area contributed by atoms with Gasteiger partial charge in [0.05, 0.1) is 11.4 Å². The summed E-state index contributed by atoms with van der Waals surface area (Å²) in [6.07, 6.45) is 4.30. The smallest absolute Gasteiger partial charge is 0.324 e. The summed E-state index contributed by atoms with van der Waals surface area (Å²) in [6, 6.07) is 21.3. The number of amides is 3. The highest BCUT2D eigenvalue weighted by Crippen LogP contribution is 2.42. The van der Waals surface area contributed by atoms with Gasteiger partial charge in [-0.2, -0.15) is 5.10 Å². The molecule has 2 aliphatic rings. The van der Waals surface area contributed by atoms with E-state index in [1.54, 1.807) is 18.5 Å². The first-order chi connectivity index (χ1) is 25.7. The van der Waals surface area contributed by atoms with Crippen molar-refractivity contribution in [3.63, 3.8) is 0 Å². The second kappa shape index (κ2) is 14.8. The highest BCUT2D eigenvalue weighted by atomic mass is 32.2. The van der Waals surface area contributed by atoms with Crippen LogP contribution in [0.2, 0.25) is 0 Å². The summed E-state index contributed by atoms with van der Waals surface area (Å²) >= 11 is 1.47. The molecule has 2 unspecified atom stereocenters. The molecule has 5 aromatic rings. The number of nitrogens with zero attached hydrogens (tertiary/aromatic N) is 3. The van der Waals surface area contributed by atoms with Crippen molar-refractivity contribution in [3.8, 4) is 5.69 Å². The summed E-state index contributed by atoms with van der Waals surface area (Å²) < 4.78 is 37.2. The van der Waals surface area contributed by atoms with Gasteiger partial charge >= 0.3 is 6.03 Å². The maximum Gasteiger partial charge on any atom is 0.324 e. The lowest BCUT2D eigenvalue weighted by Gasteiger charge is -2.39. The molecule has 0 saturated carbocycles. The van der Waals surface area contributed by atoms with Crippen LogP contribution in [-0.4, -0.2) is 47.1 Å². The third-order valence-corrected chi connectivity index (χ3v) is 12.9. The third kappa shape index (κ3) is 7.89. The standard InChI is InChI=1S/C41H48N6O5S2/c1-25-9-15-31(16-10-25)47-36(23-35(45-47)41(4,5)6)44-40(49)43-30-13-11-28(12-14-30)20-29-21-32-17-18-33(22-29)46(32)39(48)37-26(2)52-27(3)38(37)54(50,51)42-24-34-8-7-19-53-34/h7-16,19,23,29,32-33,42H,17-18,20-22,24H2,1-6H3,(H2,43,44,49). The van der Waals surface area contributed by atoms with E-state index in [0.717, 1.165) is 59.5 Å². The molecule has 3 amide bonds. The Morgan fingerprint density at radius 1 is 0.926 bits per heavy atom. The van der Waals surface area contributed by atoms with E-state index in [1.165, 1.54) is 11.3 Å². The van der Waals surface area contributed by atoms with E-state index in [1.807, 2.05) is 83.9 Å². The fourth-order valence-corrected chi connectivity index (χ4v) is 10.0. The lowest BCUT2D eigenvalue weighted by atomic mass is 9.85. The number of carbonyl (C=O) groups is 2. The quantitative estimate of drug-likeness (QED) is 0.130. The van der Waals surface area contributed by atoms with E-state index in [4.69, 9.17) is 9.52 Å². The number of urea groups is 1. The zero-order valence-electron chi connectivity index (χ0n) is 31.6. The van der Waals surface area contributed by atoms with Crippen LogP contribution in [0.25, 0.3) is 5.69 Å². The average Bonchev–Trinajstić information content (AvgIpc) is 3.90. The number of aryl methyl sites for hydroxylation is 3. The number of aromatic nitrogens is 2. The molecule has 3 N–H and O–H groups in total. The minimum atomic E-state index is -3.99. The van der Waals surface area contributed by atoms with Gasteiger partial charge in [0.25, 0.3) is 5.91 Å². The second-order valence-electron chi connectivity index (χ2n) is 15.6. The number of hydrogen-bond donors (Lipinski definition) is 3. The monoisotopic (exact) mass is 768 g/mol. The molecule has 0 spiro atoms. The first kappa shape index (κ1) is 37.6. The third-order valence-electron chi connectivity index (χ3n) is 10.5. The summed E-state index contributed by atoms with van der Waals surface area (Å²) in [4.78, 5) is 30.1. The molecule has 13 heteroatoms. The molecule has 2 aliphatic heterocycles. The zero-order valence-corrected chi connectivity index (χ0v) is 33.2. The topological polar surface area (TPSA) is 139 Å². The second-order valence-corrected chi connectivity index (χ2v) is 18.4. The predicted octanol–water partition coefficient (Wildman–Crippen LogP) is 8.50. The van der Waals surface area contributed by atoms with E-state index in [0.29, 0.717) is 23.2 Å². The summed E-state index contributed by atoms with van der Waals surface area (Å²) in [5, 5.41) is 12.7. The number of rotatable bonds is 10. The van der Waals surface area contributed by atoms with Crippen molar-refractivity contribution in [2.45, 2.75) is 103 Å². The molecule has 2 atom stereocenters. The van der Waals surface area contributed by atoms with E-state index in [9.17, 15) is 18.0 Å². The predicted molar refractivity (Wildman–Crippen MR) is 212 cm³/mol. The van der Waals surface area contributed by atoms with Crippen LogP contribution in [-0.2, 0) is 28.4 Å². The fourth-order valence-electron chi connectivity index (χ4n) is 7.86. The Balaban J connectivity index is 0.981. The van der Waals surface area contributed by atoms with Crippen molar-refractivity contribution in [2.24, 2.45) is 5.92 Å². The first-order valence-corrected chi connectivity index (χ1v) is 20.8. The number of furan rings is 1. The normalized spacial score (nSPS) is 18.6. The number of thiophene rings is 1. The van der Waals surface area contributed by atoms with Gasteiger partial charge in [-0.3, -0.25) is 10.1 Å². The van der Waals surface area contributed by atoms with Gasteiger partial charge in [-0.15, -0.1) is 11.3 Å². The van der Waals surface area contributed by atoms with Crippen LogP contribution < -0.4 is 15.4 Å². The number of benzene rings is 2. The first-order valence-electron chi connectivity index (χ1n) is 18.5. The molecule has 11 nitrogen and oxygen atoms in total. The van der Waals surface area contributed by atoms with Gasteiger partial charge in [0, 0.05) is 40.7 Å². The lowest BCUT2D eigenvalue weighted by molar-refractivity contribution is 0.0519. The number of nitrogens with one attached hydrogen (secondary N) is 3. The Labute approximate surface area is 321 Å². The van der Waals surface area contributed by atoms with Crippen molar-refractivity contribution in [2.75, 3.05) is 10.6 Å². The van der Waals surface area contributed by atoms with Crippen LogP contribution in [0, 0.1) is 26.7 Å². The fraction of sp³-hybridized carbons (Fsp3) is 0.390. The van der Waals surface area contributed by atoms with Crippen LogP contribution in [0.1, 0.15) is 90.0 Å². The van der Waals surface area contributed by atoms with E-state index in [-0.39, 0.29) is 52.2 Å². The Bertz CT molecular complexity index is 2240. The molecule has 284 valence electrons. The summed E-state index contributed by atoms with van der Waals surface area (Å²) in [5.41, 5.74) is 4.65. The SMILES string of the molecule is Cc1ccc(-n2nc(C(C)(C)C)cc2NC(=O)Nc2ccc(CC3CC4CCC(C3)N4C(=O)c3c(C)oc(C)c3S(=O)(=O)NCc3cccs3)cc2)cc1. The number of anilines is 2. The minimum Gasteiger partial charge on any atom is -0.464 e. The van der Waals surface area contributed by atoms with Gasteiger partial charge < -0.3 is 14.6 Å².